The van der Waals surface area contributed by atoms with Crippen LogP contribution < -0.4 is 4.74 Å². The second-order valence-electron chi connectivity index (χ2n) is 5.95. The van der Waals surface area contributed by atoms with Gasteiger partial charge in [0.25, 0.3) is 0 Å². The molecule has 1 aliphatic rings. The lowest BCUT2D eigenvalue weighted by Gasteiger charge is -2.38. The Hall–Kier alpha value is -1.02. The monoisotopic (exact) mass is 234 g/mol. The van der Waals surface area contributed by atoms with Crippen LogP contribution in [0.5, 0.6) is 5.75 Å². The van der Waals surface area contributed by atoms with Crippen LogP contribution in [0, 0.1) is 12.3 Å². The molecule has 1 saturated carbocycles. The van der Waals surface area contributed by atoms with Crippen molar-refractivity contribution in [2.24, 2.45) is 5.41 Å². The molecule has 0 radical (unpaired) electrons. The van der Waals surface area contributed by atoms with Gasteiger partial charge >= 0.3 is 0 Å². The molecule has 94 valence electrons. The first-order valence-electron chi connectivity index (χ1n) is 6.38. The standard InChI is InChI=1S/C15H22O2/c1-11-5-4-6-12(9-11)17-14-10-15(2,3)8-7-13(14)16/h4-6,9,13-14,16H,7-8,10H2,1-3H3. The Morgan fingerprint density at radius 1 is 1.35 bits per heavy atom. The second kappa shape index (κ2) is 4.69. The summed E-state index contributed by atoms with van der Waals surface area (Å²) >= 11 is 0. The van der Waals surface area contributed by atoms with Gasteiger partial charge in [0.1, 0.15) is 11.9 Å². The molecule has 2 heteroatoms. The average molecular weight is 234 g/mol. The van der Waals surface area contributed by atoms with Gasteiger partial charge in [-0.25, -0.2) is 0 Å². The van der Waals surface area contributed by atoms with Gasteiger partial charge < -0.3 is 9.84 Å². The van der Waals surface area contributed by atoms with E-state index < -0.39 is 0 Å². The van der Waals surface area contributed by atoms with E-state index in [0.717, 1.165) is 25.0 Å². The highest BCUT2D eigenvalue weighted by molar-refractivity contribution is 5.27. The van der Waals surface area contributed by atoms with Gasteiger partial charge in [-0.1, -0.05) is 26.0 Å². The molecule has 2 rings (SSSR count). The van der Waals surface area contributed by atoms with Crippen LogP contribution in [-0.4, -0.2) is 17.3 Å². The van der Waals surface area contributed by atoms with Crippen molar-refractivity contribution in [3.8, 4) is 5.75 Å². The summed E-state index contributed by atoms with van der Waals surface area (Å²) in [7, 11) is 0. The summed E-state index contributed by atoms with van der Waals surface area (Å²) in [6, 6.07) is 8.02. The summed E-state index contributed by atoms with van der Waals surface area (Å²) in [5.74, 6) is 0.867. The van der Waals surface area contributed by atoms with Crippen LogP contribution in [-0.2, 0) is 0 Å². The first-order chi connectivity index (χ1) is 7.96. The van der Waals surface area contributed by atoms with E-state index in [1.165, 1.54) is 5.56 Å². The second-order valence-corrected chi connectivity index (χ2v) is 5.95. The Kier molecular flexibility index (Phi) is 3.43. The Morgan fingerprint density at radius 2 is 2.12 bits per heavy atom. The molecule has 0 amide bonds. The first kappa shape index (κ1) is 12.4. The maximum Gasteiger partial charge on any atom is 0.125 e. The number of rotatable bonds is 2. The van der Waals surface area contributed by atoms with Crippen molar-refractivity contribution in [3.05, 3.63) is 29.8 Å². The molecule has 0 heterocycles. The number of aryl methyl sites for hydroxylation is 1. The third-order valence-electron chi connectivity index (χ3n) is 3.58. The van der Waals surface area contributed by atoms with Crippen LogP contribution in [0.2, 0.25) is 0 Å². The van der Waals surface area contributed by atoms with Crippen LogP contribution in [0.4, 0.5) is 0 Å². The highest BCUT2D eigenvalue weighted by atomic mass is 16.5. The molecule has 2 nitrogen and oxygen atoms in total. The average Bonchev–Trinajstić information content (AvgIpc) is 2.23. The van der Waals surface area contributed by atoms with E-state index in [2.05, 4.69) is 13.8 Å². The van der Waals surface area contributed by atoms with Crippen molar-refractivity contribution in [1.29, 1.82) is 0 Å². The Balaban J connectivity index is 2.06. The van der Waals surface area contributed by atoms with Crippen LogP contribution in [0.1, 0.15) is 38.7 Å². The van der Waals surface area contributed by atoms with Gasteiger partial charge in [-0.05, 0) is 49.3 Å². The quantitative estimate of drug-likeness (QED) is 0.850. The number of hydrogen-bond donors (Lipinski definition) is 1. The number of aliphatic hydroxyl groups is 1. The van der Waals surface area contributed by atoms with Crippen LogP contribution in [0.15, 0.2) is 24.3 Å². The highest BCUT2D eigenvalue weighted by Crippen LogP contribution is 2.37. The van der Waals surface area contributed by atoms with E-state index in [4.69, 9.17) is 4.74 Å². The van der Waals surface area contributed by atoms with Gasteiger partial charge in [-0.2, -0.15) is 0 Å². The molecular formula is C15H22O2. The molecule has 0 saturated heterocycles. The van der Waals surface area contributed by atoms with Crippen LogP contribution in [0.3, 0.4) is 0 Å². The molecule has 2 unspecified atom stereocenters. The van der Waals surface area contributed by atoms with Crippen molar-refractivity contribution in [2.75, 3.05) is 0 Å². The molecule has 1 N–H and O–H groups in total. The fraction of sp³-hybridized carbons (Fsp3) is 0.600. The predicted molar refractivity (Wildman–Crippen MR) is 69.2 cm³/mol. The lowest BCUT2D eigenvalue weighted by molar-refractivity contribution is -0.0304. The van der Waals surface area contributed by atoms with E-state index in [1.54, 1.807) is 0 Å². The molecule has 0 bridgehead atoms. The van der Waals surface area contributed by atoms with Crippen molar-refractivity contribution >= 4 is 0 Å². The molecule has 1 fully saturated rings. The van der Waals surface area contributed by atoms with E-state index in [-0.39, 0.29) is 17.6 Å². The fourth-order valence-corrected chi connectivity index (χ4v) is 2.49. The van der Waals surface area contributed by atoms with Gasteiger partial charge in [0, 0.05) is 0 Å². The van der Waals surface area contributed by atoms with E-state index in [0.29, 0.717) is 0 Å². The summed E-state index contributed by atoms with van der Waals surface area (Å²) < 4.78 is 5.93. The van der Waals surface area contributed by atoms with Crippen LogP contribution >= 0.6 is 0 Å². The van der Waals surface area contributed by atoms with E-state index >= 15 is 0 Å². The smallest absolute Gasteiger partial charge is 0.125 e. The summed E-state index contributed by atoms with van der Waals surface area (Å²) in [4.78, 5) is 0. The molecule has 1 aromatic rings. The maximum atomic E-state index is 10.0. The zero-order valence-corrected chi connectivity index (χ0v) is 10.9. The Bertz CT molecular complexity index is 384. The molecule has 1 aromatic carbocycles. The number of ether oxygens (including phenoxy) is 1. The van der Waals surface area contributed by atoms with E-state index in [9.17, 15) is 5.11 Å². The lowest BCUT2D eigenvalue weighted by Crippen LogP contribution is -2.41. The third kappa shape index (κ3) is 3.22. The lowest BCUT2D eigenvalue weighted by atomic mass is 9.75. The molecule has 1 aliphatic carbocycles. The van der Waals surface area contributed by atoms with Crippen molar-refractivity contribution in [3.63, 3.8) is 0 Å². The van der Waals surface area contributed by atoms with Gasteiger partial charge in [-0.15, -0.1) is 0 Å². The largest absolute Gasteiger partial charge is 0.488 e. The van der Waals surface area contributed by atoms with E-state index in [1.807, 2.05) is 31.2 Å². The Labute approximate surface area is 104 Å². The van der Waals surface area contributed by atoms with Crippen LogP contribution in [0.25, 0.3) is 0 Å². The molecule has 17 heavy (non-hydrogen) atoms. The van der Waals surface area contributed by atoms with Gasteiger partial charge in [0.15, 0.2) is 0 Å². The number of aliphatic hydroxyl groups excluding tert-OH is 1. The van der Waals surface area contributed by atoms with Crippen molar-refractivity contribution in [1.82, 2.24) is 0 Å². The predicted octanol–water partition coefficient (Wildman–Crippen LogP) is 3.31. The molecular weight excluding hydrogens is 212 g/mol. The molecule has 0 aromatic heterocycles. The molecule has 0 spiro atoms. The summed E-state index contributed by atoms with van der Waals surface area (Å²) in [6.45, 7) is 6.53. The van der Waals surface area contributed by atoms with Gasteiger partial charge in [0.2, 0.25) is 0 Å². The Morgan fingerprint density at radius 3 is 2.82 bits per heavy atom. The minimum absolute atomic E-state index is 0.0689. The SMILES string of the molecule is Cc1cccc(OC2CC(C)(C)CCC2O)c1. The molecule has 2 atom stereocenters. The minimum atomic E-state index is -0.330. The number of hydrogen-bond acceptors (Lipinski definition) is 2. The van der Waals surface area contributed by atoms with Gasteiger partial charge in [0.05, 0.1) is 6.10 Å². The zero-order valence-electron chi connectivity index (χ0n) is 10.9. The summed E-state index contributed by atoms with van der Waals surface area (Å²) in [6.07, 6.45) is 2.43. The fourth-order valence-electron chi connectivity index (χ4n) is 2.49. The topological polar surface area (TPSA) is 29.5 Å². The minimum Gasteiger partial charge on any atom is -0.488 e. The van der Waals surface area contributed by atoms with Gasteiger partial charge in [-0.3, -0.25) is 0 Å². The third-order valence-corrected chi connectivity index (χ3v) is 3.58. The highest BCUT2D eigenvalue weighted by Gasteiger charge is 2.35. The zero-order chi connectivity index (χ0) is 12.5. The summed E-state index contributed by atoms with van der Waals surface area (Å²) in [5, 5.41) is 10.0. The maximum absolute atomic E-state index is 10.0. The number of benzene rings is 1. The molecule has 0 aliphatic heterocycles. The van der Waals surface area contributed by atoms with Crippen molar-refractivity contribution < 1.29 is 9.84 Å². The normalized spacial score (nSPS) is 27.8. The van der Waals surface area contributed by atoms with Crippen molar-refractivity contribution in [2.45, 2.75) is 52.2 Å². The first-order valence-corrected chi connectivity index (χ1v) is 6.38. The summed E-state index contributed by atoms with van der Waals surface area (Å²) in [5.41, 5.74) is 1.46.